The summed E-state index contributed by atoms with van der Waals surface area (Å²) in [5, 5.41) is 3.41. The molecular weight excluding hydrogens is 546 g/mol. The Bertz CT molecular complexity index is 1450. The van der Waals surface area contributed by atoms with Crippen LogP contribution in [-0.4, -0.2) is 49.5 Å². The fourth-order valence-corrected chi connectivity index (χ4v) is 5.38. The summed E-state index contributed by atoms with van der Waals surface area (Å²) < 4.78 is 26.8. The predicted molar refractivity (Wildman–Crippen MR) is 162 cm³/mol. The molecule has 3 rings (SSSR count). The minimum absolute atomic E-state index is 0.127. The number of anilines is 1. The highest BCUT2D eigenvalue weighted by Crippen LogP contribution is 2.26. The van der Waals surface area contributed by atoms with Gasteiger partial charge in [0.05, 0.1) is 11.9 Å². The van der Waals surface area contributed by atoms with Crippen LogP contribution in [0.15, 0.2) is 72.8 Å². The topological polar surface area (TPSA) is 86.8 Å². The number of rotatable bonds is 10. The number of nitrogens with zero attached hydrogens (tertiary/aromatic N) is 2. The Kier molecular flexibility index (Phi) is 10.0. The van der Waals surface area contributed by atoms with Crippen molar-refractivity contribution in [3.63, 3.8) is 0 Å². The van der Waals surface area contributed by atoms with Crippen LogP contribution in [0.5, 0.6) is 0 Å². The maximum Gasteiger partial charge on any atom is 0.244 e. The number of carbonyl (C=O) groups is 2. The lowest BCUT2D eigenvalue weighted by Crippen LogP contribution is -2.56. The molecule has 0 heterocycles. The van der Waals surface area contributed by atoms with Crippen LogP contribution in [-0.2, 0) is 32.6 Å². The number of hydrogen-bond acceptors (Lipinski definition) is 4. The highest BCUT2D eigenvalue weighted by molar-refractivity contribution is 7.92. The Morgan fingerprint density at radius 3 is 2.15 bits per heavy atom. The van der Waals surface area contributed by atoms with Gasteiger partial charge in [0.2, 0.25) is 21.8 Å². The van der Waals surface area contributed by atoms with Gasteiger partial charge in [-0.3, -0.25) is 13.9 Å². The van der Waals surface area contributed by atoms with Crippen molar-refractivity contribution in [1.82, 2.24) is 10.2 Å². The molecule has 1 N–H and O–H groups in total. The third-order valence-electron chi connectivity index (χ3n) is 6.33. The molecule has 0 aliphatic carbocycles. The van der Waals surface area contributed by atoms with E-state index in [2.05, 4.69) is 5.32 Å². The van der Waals surface area contributed by atoms with Gasteiger partial charge in [-0.1, -0.05) is 77.8 Å². The Hall–Kier alpha value is -3.36. The van der Waals surface area contributed by atoms with E-state index in [1.807, 2.05) is 89.2 Å². The van der Waals surface area contributed by atoms with Crippen molar-refractivity contribution in [2.75, 3.05) is 17.1 Å². The number of sulfonamides is 1. The van der Waals surface area contributed by atoms with E-state index in [9.17, 15) is 18.0 Å². The fraction of sp³-hybridized carbons (Fsp3) is 0.355. The molecule has 0 fully saturated rings. The lowest BCUT2D eigenvalue weighted by atomic mass is 10.0. The Labute approximate surface area is 243 Å². The average molecular weight is 584 g/mol. The smallest absolute Gasteiger partial charge is 0.244 e. The first-order chi connectivity index (χ1) is 18.6. The first-order valence-corrected chi connectivity index (χ1v) is 15.3. The largest absolute Gasteiger partial charge is 0.350 e. The van der Waals surface area contributed by atoms with Gasteiger partial charge in [0.1, 0.15) is 12.6 Å². The molecule has 0 aliphatic rings. The SMILES string of the molecule is Cc1cccc(CN(C(=O)CN(c2ccc(C)c(Cl)c2)S(C)(=O)=O)[C@@H](Cc2ccccc2)C(=O)NC(C)(C)C)c1. The normalized spacial score (nSPS) is 12.5. The zero-order valence-corrected chi connectivity index (χ0v) is 25.5. The van der Waals surface area contributed by atoms with Crippen LogP contribution < -0.4 is 9.62 Å². The van der Waals surface area contributed by atoms with Crippen LogP contribution in [0.25, 0.3) is 0 Å². The van der Waals surface area contributed by atoms with Crippen molar-refractivity contribution in [3.05, 3.63) is 100 Å². The summed E-state index contributed by atoms with van der Waals surface area (Å²) >= 11 is 6.30. The zero-order valence-electron chi connectivity index (χ0n) is 23.9. The molecule has 2 amide bonds. The van der Waals surface area contributed by atoms with Gasteiger partial charge in [0.25, 0.3) is 0 Å². The van der Waals surface area contributed by atoms with Crippen LogP contribution in [0.1, 0.15) is 43.0 Å². The van der Waals surface area contributed by atoms with Gasteiger partial charge >= 0.3 is 0 Å². The van der Waals surface area contributed by atoms with Gasteiger partial charge in [-0.2, -0.15) is 0 Å². The van der Waals surface area contributed by atoms with E-state index < -0.39 is 34.1 Å². The first kappa shape index (κ1) is 31.2. The van der Waals surface area contributed by atoms with Crippen molar-refractivity contribution in [1.29, 1.82) is 0 Å². The van der Waals surface area contributed by atoms with Gasteiger partial charge in [-0.15, -0.1) is 0 Å². The van der Waals surface area contributed by atoms with Crippen LogP contribution >= 0.6 is 11.6 Å². The molecular formula is C31H38ClN3O4S. The summed E-state index contributed by atoms with van der Waals surface area (Å²) in [4.78, 5) is 29.4. The minimum Gasteiger partial charge on any atom is -0.350 e. The molecule has 7 nitrogen and oxygen atoms in total. The molecule has 0 aliphatic heterocycles. The molecule has 214 valence electrons. The third kappa shape index (κ3) is 8.83. The van der Waals surface area contributed by atoms with Gasteiger partial charge in [-0.05, 0) is 63.4 Å². The molecule has 0 saturated heterocycles. The molecule has 0 aromatic heterocycles. The molecule has 0 radical (unpaired) electrons. The number of hydrogen-bond donors (Lipinski definition) is 1. The number of amides is 2. The third-order valence-corrected chi connectivity index (χ3v) is 7.88. The van der Waals surface area contributed by atoms with Crippen LogP contribution in [0.3, 0.4) is 0 Å². The highest BCUT2D eigenvalue weighted by Gasteiger charge is 2.34. The van der Waals surface area contributed by atoms with Crippen molar-refractivity contribution in [3.8, 4) is 0 Å². The Morgan fingerprint density at radius 1 is 0.925 bits per heavy atom. The summed E-state index contributed by atoms with van der Waals surface area (Å²) in [6.45, 7) is 9.04. The maximum atomic E-state index is 14.1. The highest BCUT2D eigenvalue weighted by atomic mass is 35.5. The molecule has 0 bridgehead atoms. The summed E-state index contributed by atoms with van der Waals surface area (Å²) in [5.41, 5.74) is 3.24. The quantitative estimate of drug-likeness (QED) is 0.352. The van der Waals surface area contributed by atoms with Gasteiger partial charge in [0, 0.05) is 23.5 Å². The summed E-state index contributed by atoms with van der Waals surface area (Å²) in [6, 6.07) is 21.1. The second-order valence-corrected chi connectivity index (χ2v) is 13.5. The van der Waals surface area contributed by atoms with Crippen LogP contribution in [0, 0.1) is 13.8 Å². The van der Waals surface area contributed by atoms with Crippen molar-refractivity contribution in [2.24, 2.45) is 0 Å². The molecule has 0 spiro atoms. The standard InChI is InChI=1S/C31H38ClN3O4S/c1-22-11-10-14-25(17-22)20-34(28(30(37)33-31(3,4)5)18-24-12-8-7-9-13-24)29(36)21-35(40(6,38)39)26-16-15-23(2)27(32)19-26/h7-17,19,28H,18,20-21H2,1-6H3,(H,33,37)/t28-/m0/s1. The van der Waals surface area contributed by atoms with E-state index in [0.717, 1.165) is 32.8 Å². The number of halogens is 1. The number of benzene rings is 3. The van der Waals surface area contributed by atoms with Crippen LogP contribution in [0.2, 0.25) is 5.02 Å². The monoisotopic (exact) mass is 583 g/mol. The van der Waals surface area contributed by atoms with E-state index >= 15 is 0 Å². The minimum atomic E-state index is -3.86. The number of carbonyl (C=O) groups excluding carboxylic acids is 2. The Morgan fingerprint density at radius 2 is 1.57 bits per heavy atom. The van der Waals surface area contributed by atoms with Crippen molar-refractivity contribution < 1.29 is 18.0 Å². The van der Waals surface area contributed by atoms with Crippen LogP contribution in [0.4, 0.5) is 5.69 Å². The van der Waals surface area contributed by atoms with Gasteiger partial charge in [0.15, 0.2) is 0 Å². The first-order valence-electron chi connectivity index (χ1n) is 13.1. The maximum absolute atomic E-state index is 14.1. The van der Waals surface area contributed by atoms with E-state index in [1.165, 1.54) is 11.0 Å². The van der Waals surface area contributed by atoms with E-state index in [1.54, 1.807) is 12.1 Å². The molecule has 9 heteroatoms. The molecule has 0 unspecified atom stereocenters. The second-order valence-electron chi connectivity index (χ2n) is 11.2. The van der Waals surface area contributed by atoms with Crippen molar-refractivity contribution >= 4 is 39.1 Å². The van der Waals surface area contributed by atoms with E-state index in [4.69, 9.17) is 11.6 Å². The average Bonchev–Trinajstić information content (AvgIpc) is 2.85. The lowest BCUT2D eigenvalue weighted by molar-refractivity contribution is -0.140. The summed E-state index contributed by atoms with van der Waals surface area (Å²) in [6.07, 6.45) is 1.31. The summed E-state index contributed by atoms with van der Waals surface area (Å²) in [7, 11) is -3.86. The lowest BCUT2D eigenvalue weighted by Gasteiger charge is -2.35. The molecule has 1 atom stereocenters. The predicted octanol–water partition coefficient (Wildman–Crippen LogP) is 5.28. The van der Waals surface area contributed by atoms with Gasteiger partial charge in [-0.25, -0.2) is 8.42 Å². The molecule has 0 saturated carbocycles. The Balaban J connectivity index is 2.09. The van der Waals surface area contributed by atoms with Gasteiger partial charge < -0.3 is 10.2 Å². The van der Waals surface area contributed by atoms with E-state index in [0.29, 0.717) is 5.02 Å². The molecule has 3 aromatic rings. The fourth-order valence-electron chi connectivity index (χ4n) is 4.36. The molecule has 3 aromatic carbocycles. The molecule has 40 heavy (non-hydrogen) atoms. The number of aryl methyl sites for hydroxylation is 2. The van der Waals surface area contributed by atoms with E-state index in [-0.39, 0.29) is 24.6 Å². The zero-order chi connectivity index (χ0) is 29.7. The number of nitrogens with one attached hydrogen (secondary N) is 1. The summed E-state index contributed by atoms with van der Waals surface area (Å²) in [5.74, 6) is -0.824. The second kappa shape index (κ2) is 12.9. The van der Waals surface area contributed by atoms with Crippen molar-refractivity contribution in [2.45, 2.75) is 59.2 Å².